The minimum Gasteiger partial charge on any atom is -0.476 e. The fourth-order valence-corrected chi connectivity index (χ4v) is 2.38. The highest BCUT2D eigenvalue weighted by atomic mass is 32.2. The Morgan fingerprint density at radius 2 is 2.15 bits per heavy atom. The van der Waals surface area contributed by atoms with Gasteiger partial charge in [-0.05, 0) is 25.1 Å². The van der Waals surface area contributed by atoms with Crippen molar-refractivity contribution in [2.24, 2.45) is 0 Å². The number of nitrogens with zero attached hydrogens (tertiary/aromatic N) is 4. The number of hydrogen-bond acceptors (Lipinski definition) is 4. The van der Waals surface area contributed by atoms with Crippen molar-refractivity contribution in [3.05, 3.63) is 41.7 Å². The van der Waals surface area contributed by atoms with Crippen molar-refractivity contribution >= 4 is 29.3 Å². The number of fused-ring (bicyclic) bond motifs is 1. The van der Waals surface area contributed by atoms with Gasteiger partial charge in [-0.3, -0.25) is 0 Å². The molecule has 102 valence electrons. The zero-order valence-electron chi connectivity index (χ0n) is 10.3. The first-order chi connectivity index (χ1) is 9.61. The molecule has 3 rings (SSSR count). The standard InChI is InChI=1S/C12H9FN4O2S/c1-7-6-9(11(18)19)15-16(7)12-14-8-4-2-3-5-10(8)17(12)20-13/h2-6H,1H3,(H,18,19). The summed E-state index contributed by atoms with van der Waals surface area (Å²) < 4.78 is 15.8. The Hall–Kier alpha value is -2.35. The van der Waals surface area contributed by atoms with Crippen LogP contribution in [-0.2, 0) is 0 Å². The number of carbonyl (C=O) groups is 1. The first-order valence-electron chi connectivity index (χ1n) is 5.68. The molecular weight excluding hydrogens is 283 g/mol. The smallest absolute Gasteiger partial charge is 0.356 e. The first kappa shape index (κ1) is 12.7. The number of carboxylic acids is 1. The molecule has 0 amide bonds. The van der Waals surface area contributed by atoms with E-state index in [9.17, 15) is 8.68 Å². The van der Waals surface area contributed by atoms with Gasteiger partial charge >= 0.3 is 5.97 Å². The molecule has 1 N–H and O–H groups in total. The summed E-state index contributed by atoms with van der Waals surface area (Å²) in [6, 6.07) is 8.47. The van der Waals surface area contributed by atoms with Crippen LogP contribution >= 0.6 is 12.3 Å². The zero-order chi connectivity index (χ0) is 14.3. The summed E-state index contributed by atoms with van der Waals surface area (Å²) in [7, 11) is 0. The van der Waals surface area contributed by atoms with E-state index in [2.05, 4.69) is 10.1 Å². The molecule has 0 bridgehead atoms. The Morgan fingerprint density at radius 1 is 1.40 bits per heavy atom. The molecule has 0 atom stereocenters. The van der Waals surface area contributed by atoms with E-state index in [1.54, 1.807) is 31.2 Å². The Kier molecular flexibility index (Phi) is 2.94. The lowest BCUT2D eigenvalue weighted by Crippen LogP contribution is -2.06. The third-order valence-corrected chi connectivity index (χ3v) is 3.37. The van der Waals surface area contributed by atoms with Gasteiger partial charge in [0.25, 0.3) is 0 Å². The largest absolute Gasteiger partial charge is 0.476 e. The summed E-state index contributed by atoms with van der Waals surface area (Å²) >= 11 is -0.00132. The molecule has 6 nitrogen and oxygen atoms in total. The van der Waals surface area contributed by atoms with Crippen molar-refractivity contribution < 1.29 is 13.8 Å². The van der Waals surface area contributed by atoms with Crippen LogP contribution in [0.25, 0.3) is 17.0 Å². The second-order valence-corrected chi connectivity index (χ2v) is 4.65. The number of carboxylic acid groups (broad SMARTS) is 1. The van der Waals surface area contributed by atoms with E-state index in [0.717, 1.165) is 0 Å². The number of para-hydroxylation sites is 2. The molecule has 0 radical (unpaired) electrons. The van der Waals surface area contributed by atoms with E-state index in [4.69, 9.17) is 5.11 Å². The number of hydrogen-bond donors (Lipinski definition) is 1. The van der Waals surface area contributed by atoms with E-state index in [-0.39, 0.29) is 24.0 Å². The van der Waals surface area contributed by atoms with Gasteiger partial charge in [-0.1, -0.05) is 12.1 Å². The molecule has 2 aromatic heterocycles. The van der Waals surface area contributed by atoms with Gasteiger partial charge in [-0.25, -0.2) is 18.4 Å². The molecule has 0 saturated carbocycles. The highest BCUT2D eigenvalue weighted by molar-refractivity contribution is 7.93. The van der Waals surface area contributed by atoms with Gasteiger partial charge in [0.05, 0.1) is 11.0 Å². The van der Waals surface area contributed by atoms with Crippen LogP contribution in [-0.4, -0.2) is 29.8 Å². The lowest BCUT2D eigenvalue weighted by Gasteiger charge is -2.03. The molecule has 1 aromatic carbocycles. The topological polar surface area (TPSA) is 72.9 Å². The van der Waals surface area contributed by atoms with Crippen LogP contribution in [0.2, 0.25) is 0 Å². The van der Waals surface area contributed by atoms with E-state index >= 15 is 0 Å². The number of halogens is 1. The maximum Gasteiger partial charge on any atom is 0.356 e. The molecule has 0 spiro atoms. The molecule has 0 saturated heterocycles. The second kappa shape index (κ2) is 4.64. The Labute approximate surface area is 117 Å². The van der Waals surface area contributed by atoms with Gasteiger partial charge in [0.1, 0.15) is 0 Å². The maximum absolute atomic E-state index is 13.2. The average molecular weight is 292 g/mol. The minimum atomic E-state index is -1.14. The maximum atomic E-state index is 13.2. The van der Waals surface area contributed by atoms with Crippen molar-refractivity contribution in [3.8, 4) is 5.95 Å². The lowest BCUT2D eigenvalue weighted by molar-refractivity contribution is 0.0690. The van der Waals surface area contributed by atoms with Crippen LogP contribution in [0.1, 0.15) is 16.2 Å². The number of benzene rings is 1. The number of aromatic nitrogens is 4. The van der Waals surface area contributed by atoms with Gasteiger partial charge in [-0.2, -0.15) is 5.10 Å². The van der Waals surface area contributed by atoms with Gasteiger partial charge in [0.2, 0.25) is 5.95 Å². The van der Waals surface area contributed by atoms with Gasteiger partial charge < -0.3 is 5.11 Å². The third kappa shape index (κ3) is 1.85. The minimum absolute atomic E-state index is 0.00132. The van der Waals surface area contributed by atoms with E-state index < -0.39 is 5.97 Å². The van der Waals surface area contributed by atoms with Crippen LogP contribution in [0, 0.1) is 6.92 Å². The highest BCUT2D eigenvalue weighted by Crippen LogP contribution is 2.25. The van der Waals surface area contributed by atoms with Gasteiger partial charge in [-0.15, -0.1) is 3.89 Å². The normalized spacial score (nSPS) is 11.1. The summed E-state index contributed by atoms with van der Waals surface area (Å²) in [6.07, 6.45) is 0. The van der Waals surface area contributed by atoms with Crippen molar-refractivity contribution in [2.45, 2.75) is 6.92 Å². The summed E-state index contributed by atoms with van der Waals surface area (Å²) in [5.41, 5.74) is 1.67. The van der Waals surface area contributed by atoms with E-state index in [1.165, 1.54) is 14.7 Å². The number of aryl methyl sites for hydroxylation is 1. The van der Waals surface area contributed by atoms with Crippen molar-refractivity contribution in [1.82, 2.24) is 18.7 Å². The van der Waals surface area contributed by atoms with E-state index in [0.29, 0.717) is 16.7 Å². The molecule has 3 aromatic rings. The third-order valence-electron chi connectivity index (χ3n) is 2.87. The fraction of sp³-hybridized carbons (Fsp3) is 0.0833. The molecule has 0 aliphatic heterocycles. The van der Waals surface area contributed by atoms with Gasteiger partial charge in [0, 0.05) is 5.69 Å². The van der Waals surface area contributed by atoms with Crippen LogP contribution < -0.4 is 0 Å². The summed E-state index contributed by atoms with van der Waals surface area (Å²) in [5, 5.41) is 12.9. The predicted molar refractivity (Wildman–Crippen MR) is 72.6 cm³/mol. The van der Waals surface area contributed by atoms with Crippen molar-refractivity contribution in [3.63, 3.8) is 0 Å². The van der Waals surface area contributed by atoms with E-state index in [1.807, 2.05) is 0 Å². The van der Waals surface area contributed by atoms with Gasteiger partial charge in [0.15, 0.2) is 18.0 Å². The monoisotopic (exact) mass is 292 g/mol. The lowest BCUT2D eigenvalue weighted by atomic mass is 10.3. The molecule has 2 heterocycles. The van der Waals surface area contributed by atoms with Crippen molar-refractivity contribution in [2.75, 3.05) is 0 Å². The number of aromatic carboxylic acids is 1. The number of imidazole rings is 1. The summed E-state index contributed by atoms with van der Waals surface area (Å²) in [5.74, 6) is -0.911. The second-order valence-electron chi connectivity index (χ2n) is 4.15. The molecule has 0 unspecified atom stereocenters. The van der Waals surface area contributed by atoms with Crippen LogP contribution in [0.4, 0.5) is 3.89 Å². The summed E-state index contributed by atoms with van der Waals surface area (Å²) in [4.78, 5) is 15.2. The molecule has 0 fully saturated rings. The highest BCUT2D eigenvalue weighted by Gasteiger charge is 2.18. The molecule has 20 heavy (non-hydrogen) atoms. The fourth-order valence-electron chi connectivity index (χ4n) is 1.97. The molecular formula is C12H9FN4O2S. The Morgan fingerprint density at radius 3 is 2.80 bits per heavy atom. The Bertz CT molecular complexity index is 811. The molecule has 8 heteroatoms. The van der Waals surface area contributed by atoms with Crippen molar-refractivity contribution in [1.29, 1.82) is 0 Å². The molecule has 0 aliphatic carbocycles. The first-order valence-corrected chi connectivity index (χ1v) is 6.36. The quantitative estimate of drug-likeness (QED) is 0.803. The predicted octanol–water partition coefficient (Wildman–Crippen LogP) is 2.61. The Balaban J connectivity index is 2.26. The van der Waals surface area contributed by atoms with Crippen LogP contribution in [0.5, 0.6) is 0 Å². The molecule has 0 aliphatic rings. The van der Waals surface area contributed by atoms with Crippen LogP contribution in [0.15, 0.2) is 30.3 Å². The SMILES string of the molecule is Cc1cc(C(=O)O)nn1-c1nc2ccccc2n1SF. The van der Waals surface area contributed by atoms with Crippen LogP contribution in [0.3, 0.4) is 0 Å². The average Bonchev–Trinajstić information content (AvgIpc) is 2.98. The zero-order valence-corrected chi connectivity index (χ0v) is 11.1. The number of rotatable bonds is 3. The summed E-state index contributed by atoms with van der Waals surface area (Å²) in [6.45, 7) is 1.69.